The average molecular weight is 448 g/mol. The van der Waals surface area contributed by atoms with Crippen LogP contribution in [0.25, 0.3) is 0 Å². The first-order chi connectivity index (χ1) is 15.9. The molecule has 3 rings (SSSR count). The summed E-state index contributed by atoms with van der Waals surface area (Å²) in [4.78, 5) is 20.3. The summed E-state index contributed by atoms with van der Waals surface area (Å²) in [5.41, 5.74) is 2.19. The molecule has 0 amide bonds. The van der Waals surface area contributed by atoms with Gasteiger partial charge in [-0.05, 0) is 79.6 Å². The monoisotopic (exact) mass is 448 g/mol. The van der Waals surface area contributed by atoms with Gasteiger partial charge in [0.25, 0.3) is 0 Å². The second-order valence-corrected chi connectivity index (χ2v) is 6.88. The molecular formula is C25H24N2O6. The van der Waals surface area contributed by atoms with Gasteiger partial charge in [-0.1, -0.05) is 0 Å². The van der Waals surface area contributed by atoms with E-state index in [1.165, 1.54) is 24.3 Å². The molecule has 0 aromatic heterocycles. The number of benzene rings is 3. The van der Waals surface area contributed by atoms with Crippen molar-refractivity contribution < 1.29 is 29.6 Å². The third kappa shape index (κ3) is 6.33. The van der Waals surface area contributed by atoms with Crippen molar-refractivity contribution >= 4 is 29.8 Å². The summed E-state index contributed by atoms with van der Waals surface area (Å²) in [7, 11) is 0. The molecule has 0 spiro atoms. The number of carboxylic acid groups (broad SMARTS) is 1. The van der Waals surface area contributed by atoms with Gasteiger partial charge in [0.05, 0.1) is 30.2 Å². The smallest absolute Gasteiger partial charge is 0.335 e. The van der Waals surface area contributed by atoms with Gasteiger partial charge >= 0.3 is 5.97 Å². The van der Waals surface area contributed by atoms with E-state index in [4.69, 9.17) is 9.47 Å². The molecule has 0 aliphatic carbocycles. The molecule has 0 saturated carbocycles. The first-order valence-electron chi connectivity index (χ1n) is 10.3. The van der Waals surface area contributed by atoms with E-state index < -0.39 is 5.97 Å². The van der Waals surface area contributed by atoms with Crippen molar-refractivity contribution in [3.8, 4) is 23.0 Å². The highest BCUT2D eigenvalue weighted by atomic mass is 16.5. The summed E-state index contributed by atoms with van der Waals surface area (Å²) in [6.07, 6.45) is 3.09. The van der Waals surface area contributed by atoms with Gasteiger partial charge in [0, 0.05) is 12.4 Å². The first-order valence-corrected chi connectivity index (χ1v) is 10.3. The summed E-state index contributed by atoms with van der Waals surface area (Å²) < 4.78 is 10.7. The van der Waals surface area contributed by atoms with E-state index in [0.717, 1.165) is 0 Å². The van der Waals surface area contributed by atoms with Crippen LogP contribution in [-0.2, 0) is 0 Å². The zero-order chi connectivity index (χ0) is 23.8. The summed E-state index contributed by atoms with van der Waals surface area (Å²) in [6.45, 7) is 4.44. The predicted octanol–water partition coefficient (Wildman–Crippen LogP) is 5.09. The van der Waals surface area contributed by atoms with E-state index in [2.05, 4.69) is 9.98 Å². The fourth-order valence-corrected chi connectivity index (χ4v) is 2.93. The largest absolute Gasteiger partial charge is 0.504 e. The van der Waals surface area contributed by atoms with Gasteiger partial charge in [0.2, 0.25) is 0 Å². The molecule has 33 heavy (non-hydrogen) atoms. The van der Waals surface area contributed by atoms with Crippen LogP contribution in [0.4, 0.5) is 11.4 Å². The molecule has 3 N–H and O–H groups in total. The number of aromatic carboxylic acids is 1. The second kappa shape index (κ2) is 10.8. The Morgan fingerprint density at radius 3 is 1.64 bits per heavy atom. The summed E-state index contributed by atoms with van der Waals surface area (Å²) in [5, 5.41) is 29.1. The van der Waals surface area contributed by atoms with E-state index in [-0.39, 0.29) is 17.1 Å². The fourth-order valence-electron chi connectivity index (χ4n) is 2.93. The van der Waals surface area contributed by atoms with Crippen molar-refractivity contribution in [3.63, 3.8) is 0 Å². The molecule has 3 aromatic rings. The molecule has 8 heteroatoms. The van der Waals surface area contributed by atoms with Gasteiger partial charge < -0.3 is 24.8 Å². The molecule has 170 valence electrons. The lowest BCUT2D eigenvalue weighted by Crippen LogP contribution is -1.95. The van der Waals surface area contributed by atoms with Crippen LogP contribution in [0.3, 0.4) is 0 Å². The standard InChI is InChI=1S/C25H24N2O6/c1-3-32-23-9-16(5-7-21(23)28)14-26-19-11-18(25(30)31)12-20(13-19)27-15-17-6-8-22(29)24(10-17)33-4-2/h5-15,28-29H,3-4H2,1-2H3,(H,30,31). The Morgan fingerprint density at radius 2 is 1.24 bits per heavy atom. The normalized spacial score (nSPS) is 11.2. The molecule has 0 radical (unpaired) electrons. The number of hydrogen-bond donors (Lipinski definition) is 3. The molecule has 0 saturated heterocycles. The minimum atomic E-state index is -1.10. The third-order valence-corrected chi connectivity index (χ3v) is 4.44. The number of carbonyl (C=O) groups is 1. The minimum Gasteiger partial charge on any atom is -0.504 e. The third-order valence-electron chi connectivity index (χ3n) is 4.44. The van der Waals surface area contributed by atoms with Crippen molar-refractivity contribution in [3.05, 3.63) is 71.3 Å². The number of phenolic OH excluding ortho intramolecular Hbond substituents is 2. The van der Waals surface area contributed by atoms with Crippen LogP contribution in [0.5, 0.6) is 23.0 Å². The molecule has 0 fully saturated rings. The lowest BCUT2D eigenvalue weighted by molar-refractivity contribution is 0.0697. The van der Waals surface area contributed by atoms with Crippen LogP contribution in [0.1, 0.15) is 35.3 Å². The van der Waals surface area contributed by atoms with E-state index >= 15 is 0 Å². The topological polar surface area (TPSA) is 121 Å². The van der Waals surface area contributed by atoms with Gasteiger partial charge in [-0.2, -0.15) is 0 Å². The number of aliphatic imine (C=N–C) groups is 2. The summed E-state index contributed by atoms with van der Waals surface area (Å²) in [5.74, 6) is -0.367. The SMILES string of the molecule is CCOc1cc(C=Nc2cc(N=Cc3ccc(O)c(OCC)c3)cc(C(=O)O)c2)ccc1O. The van der Waals surface area contributed by atoms with Crippen molar-refractivity contribution in [2.75, 3.05) is 13.2 Å². The highest BCUT2D eigenvalue weighted by Gasteiger charge is 2.08. The maximum atomic E-state index is 11.6. The molecule has 0 unspecified atom stereocenters. The molecule has 0 heterocycles. The van der Waals surface area contributed by atoms with Crippen LogP contribution >= 0.6 is 0 Å². The fraction of sp³-hybridized carbons (Fsp3) is 0.160. The van der Waals surface area contributed by atoms with Crippen LogP contribution in [0.2, 0.25) is 0 Å². The Morgan fingerprint density at radius 1 is 0.788 bits per heavy atom. The van der Waals surface area contributed by atoms with Gasteiger partial charge in [-0.25, -0.2) is 4.79 Å². The number of ether oxygens (including phenoxy) is 2. The molecule has 0 bridgehead atoms. The van der Waals surface area contributed by atoms with E-state index in [1.54, 1.807) is 42.8 Å². The Kier molecular flexibility index (Phi) is 7.64. The molecule has 0 aliphatic heterocycles. The van der Waals surface area contributed by atoms with Crippen LogP contribution in [-0.4, -0.2) is 46.9 Å². The maximum Gasteiger partial charge on any atom is 0.335 e. The number of carboxylic acids is 1. The summed E-state index contributed by atoms with van der Waals surface area (Å²) >= 11 is 0. The molecule has 8 nitrogen and oxygen atoms in total. The van der Waals surface area contributed by atoms with Crippen LogP contribution < -0.4 is 9.47 Å². The number of aromatic hydroxyl groups is 2. The van der Waals surface area contributed by atoms with Gasteiger partial charge in [0.1, 0.15) is 0 Å². The van der Waals surface area contributed by atoms with Crippen LogP contribution in [0, 0.1) is 0 Å². The van der Waals surface area contributed by atoms with Crippen LogP contribution in [0.15, 0.2) is 64.6 Å². The van der Waals surface area contributed by atoms with Crippen molar-refractivity contribution in [1.82, 2.24) is 0 Å². The van der Waals surface area contributed by atoms with E-state index in [1.807, 2.05) is 13.8 Å². The van der Waals surface area contributed by atoms with E-state index in [9.17, 15) is 20.1 Å². The molecule has 0 atom stereocenters. The van der Waals surface area contributed by atoms with Gasteiger partial charge in [0.15, 0.2) is 23.0 Å². The average Bonchev–Trinajstić information content (AvgIpc) is 2.80. The van der Waals surface area contributed by atoms with Gasteiger partial charge in [-0.15, -0.1) is 0 Å². The lowest BCUT2D eigenvalue weighted by atomic mass is 10.1. The van der Waals surface area contributed by atoms with Crippen molar-refractivity contribution in [2.24, 2.45) is 9.98 Å². The zero-order valence-corrected chi connectivity index (χ0v) is 18.2. The molecular weight excluding hydrogens is 424 g/mol. The second-order valence-electron chi connectivity index (χ2n) is 6.88. The Labute approximate surface area is 191 Å². The number of rotatable bonds is 9. The van der Waals surface area contributed by atoms with Crippen molar-refractivity contribution in [1.29, 1.82) is 0 Å². The maximum absolute atomic E-state index is 11.6. The summed E-state index contributed by atoms with van der Waals surface area (Å²) in [6, 6.07) is 14.2. The Balaban J connectivity index is 1.89. The molecule has 0 aliphatic rings. The minimum absolute atomic E-state index is 0.0280. The molecule has 3 aromatic carbocycles. The Hall–Kier alpha value is -4.33. The first kappa shape index (κ1) is 23.3. The van der Waals surface area contributed by atoms with Gasteiger partial charge in [-0.3, -0.25) is 9.98 Å². The quantitative estimate of drug-likeness (QED) is 0.392. The predicted molar refractivity (Wildman–Crippen MR) is 126 cm³/mol. The number of phenols is 2. The van der Waals surface area contributed by atoms with Crippen molar-refractivity contribution in [2.45, 2.75) is 13.8 Å². The number of hydrogen-bond acceptors (Lipinski definition) is 7. The number of nitrogens with zero attached hydrogens (tertiary/aromatic N) is 2. The lowest BCUT2D eigenvalue weighted by Gasteiger charge is -2.06. The zero-order valence-electron chi connectivity index (χ0n) is 18.2. The highest BCUT2D eigenvalue weighted by Crippen LogP contribution is 2.29. The highest BCUT2D eigenvalue weighted by molar-refractivity contribution is 5.92. The Bertz CT molecular complexity index is 1120. The van der Waals surface area contributed by atoms with E-state index in [0.29, 0.717) is 47.2 Å².